The maximum absolute atomic E-state index is 11.2. The molecule has 0 radical (unpaired) electrons. The lowest BCUT2D eigenvalue weighted by Crippen LogP contribution is -2.56. The summed E-state index contributed by atoms with van der Waals surface area (Å²) in [6.07, 6.45) is 4.07. The minimum absolute atomic E-state index is 0.0394. The van der Waals surface area contributed by atoms with Gasteiger partial charge in [-0.05, 0) is 80.1 Å². The van der Waals surface area contributed by atoms with Crippen LogP contribution in [0.2, 0.25) is 10.0 Å². The molecule has 37 heavy (non-hydrogen) atoms. The SMILES string of the molecule is C[C@@H](Nc1nc(N2CC([C@H]3CCCN(C4CC(C(=O)O)C4)C3)C2)nc2ccsc12)c1ccc(Cl)cc1Cl. The molecule has 3 fully saturated rings. The number of nitrogens with one attached hydrogen (secondary N) is 1. The molecule has 2 atom stereocenters. The van der Waals surface area contributed by atoms with Crippen LogP contribution in [0.1, 0.15) is 44.2 Å². The molecule has 2 saturated heterocycles. The van der Waals surface area contributed by atoms with E-state index in [1.807, 2.05) is 12.1 Å². The number of anilines is 2. The number of carbonyl (C=O) groups is 1. The van der Waals surface area contributed by atoms with E-state index in [4.69, 9.17) is 33.2 Å². The van der Waals surface area contributed by atoms with Gasteiger partial charge in [0.2, 0.25) is 5.95 Å². The molecule has 1 aliphatic carbocycles. The molecule has 1 saturated carbocycles. The first-order chi connectivity index (χ1) is 17.9. The third-order valence-electron chi connectivity index (χ3n) is 8.40. The van der Waals surface area contributed by atoms with Crippen molar-refractivity contribution in [2.24, 2.45) is 17.8 Å². The Bertz CT molecular complexity index is 1310. The van der Waals surface area contributed by atoms with Crippen molar-refractivity contribution in [2.45, 2.75) is 44.7 Å². The van der Waals surface area contributed by atoms with Crippen molar-refractivity contribution in [2.75, 3.05) is 36.4 Å². The molecule has 0 unspecified atom stereocenters. The largest absolute Gasteiger partial charge is 0.481 e. The van der Waals surface area contributed by atoms with Gasteiger partial charge in [-0.2, -0.15) is 4.98 Å². The van der Waals surface area contributed by atoms with Crippen molar-refractivity contribution < 1.29 is 9.90 Å². The van der Waals surface area contributed by atoms with Crippen molar-refractivity contribution in [1.82, 2.24) is 14.9 Å². The van der Waals surface area contributed by atoms with Gasteiger partial charge in [0, 0.05) is 35.7 Å². The maximum atomic E-state index is 11.2. The number of likely N-dealkylation sites (tertiary alicyclic amines) is 1. The number of nitrogens with zero attached hydrogens (tertiary/aromatic N) is 4. The Kier molecular flexibility index (Phi) is 6.94. The number of halogens is 2. The van der Waals surface area contributed by atoms with Crippen molar-refractivity contribution >= 4 is 62.5 Å². The van der Waals surface area contributed by atoms with Gasteiger partial charge in [0.15, 0.2) is 0 Å². The van der Waals surface area contributed by atoms with Gasteiger partial charge < -0.3 is 20.2 Å². The molecule has 0 bridgehead atoms. The van der Waals surface area contributed by atoms with Crippen molar-refractivity contribution in [1.29, 1.82) is 0 Å². The first-order valence-electron chi connectivity index (χ1n) is 13.0. The standard InChI is InChI=1S/C27H31Cl2N5O2S/c1-15(21-5-4-19(28)11-22(21)29)30-25-24-23(6-8-37-24)31-27(32-25)34-13-18(14-34)16-3-2-7-33(12-16)20-9-17(10-20)26(35)36/h4-6,8,11,15-18,20H,2-3,7,9-10,12-14H2,1H3,(H,35,36)(H,30,31,32)/t15-,16+,17?,20?/m1/s1. The first kappa shape index (κ1) is 25.2. The molecule has 7 nitrogen and oxygen atoms in total. The Hall–Kier alpha value is -2.13. The maximum Gasteiger partial charge on any atom is 0.306 e. The fraction of sp³-hybridized carbons (Fsp3) is 0.519. The van der Waals surface area contributed by atoms with Crippen LogP contribution in [0.25, 0.3) is 10.2 Å². The molecule has 2 aliphatic heterocycles. The number of hydrogen-bond donors (Lipinski definition) is 2. The van der Waals surface area contributed by atoms with Gasteiger partial charge in [0.05, 0.1) is 22.2 Å². The van der Waals surface area contributed by atoms with Gasteiger partial charge >= 0.3 is 5.97 Å². The van der Waals surface area contributed by atoms with Gasteiger partial charge in [-0.25, -0.2) is 4.98 Å². The van der Waals surface area contributed by atoms with Gasteiger partial charge in [-0.1, -0.05) is 29.3 Å². The molecule has 196 valence electrons. The number of fused-ring (bicyclic) bond motifs is 1. The van der Waals surface area contributed by atoms with Crippen LogP contribution in [-0.2, 0) is 4.79 Å². The Morgan fingerprint density at radius 2 is 1.97 bits per heavy atom. The Morgan fingerprint density at radius 1 is 1.16 bits per heavy atom. The number of benzene rings is 1. The molecule has 0 spiro atoms. The lowest BCUT2D eigenvalue weighted by atomic mass is 9.76. The van der Waals surface area contributed by atoms with Gasteiger partial charge in [0.1, 0.15) is 5.82 Å². The molecule has 10 heteroatoms. The van der Waals surface area contributed by atoms with Crippen LogP contribution < -0.4 is 10.2 Å². The van der Waals surface area contributed by atoms with Gasteiger partial charge in [-0.3, -0.25) is 4.79 Å². The number of hydrogen-bond acceptors (Lipinski definition) is 7. The molecule has 2 aromatic heterocycles. The summed E-state index contributed by atoms with van der Waals surface area (Å²) >= 11 is 14.2. The molecule has 1 aromatic carbocycles. The normalized spacial score (nSPS) is 25.5. The lowest BCUT2D eigenvalue weighted by Gasteiger charge is -2.50. The minimum atomic E-state index is -0.637. The fourth-order valence-corrected chi connectivity index (χ4v) is 7.40. The fourth-order valence-electron chi connectivity index (χ4n) is 6.04. The summed E-state index contributed by atoms with van der Waals surface area (Å²) in [6, 6.07) is 8.04. The summed E-state index contributed by atoms with van der Waals surface area (Å²) in [4.78, 5) is 25.9. The third-order valence-corrected chi connectivity index (χ3v) is 9.87. The summed E-state index contributed by atoms with van der Waals surface area (Å²) in [5.74, 6) is 2.11. The highest BCUT2D eigenvalue weighted by atomic mass is 35.5. The zero-order chi connectivity index (χ0) is 25.7. The van der Waals surface area contributed by atoms with Gasteiger partial charge in [-0.15, -0.1) is 11.3 Å². The average Bonchev–Trinajstić information content (AvgIpc) is 3.26. The summed E-state index contributed by atoms with van der Waals surface area (Å²) in [7, 11) is 0. The van der Waals surface area contributed by atoms with E-state index in [0.717, 1.165) is 66.6 Å². The van der Waals surface area contributed by atoms with Crippen molar-refractivity contribution in [3.8, 4) is 0 Å². The zero-order valence-corrected chi connectivity index (χ0v) is 23.1. The second kappa shape index (κ2) is 10.2. The molecule has 4 heterocycles. The van der Waals surface area contributed by atoms with E-state index in [-0.39, 0.29) is 12.0 Å². The first-order valence-corrected chi connectivity index (χ1v) is 14.7. The second-order valence-electron chi connectivity index (χ2n) is 10.8. The van der Waals surface area contributed by atoms with E-state index in [1.165, 1.54) is 12.8 Å². The molecule has 6 rings (SSSR count). The quantitative estimate of drug-likeness (QED) is 0.357. The number of aliphatic carboxylic acids is 1. The lowest BCUT2D eigenvalue weighted by molar-refractivity contribution is -0.147. The van der Waals surface area contributed by atoms with Crippen molar-refractivity contribution in [3.63, 3.8) is 0 Å². The minimum Gasteiger partial charge on any atom is -0.481 e. The number of rotatable bonds is 7. The van der Waals surface area contributed by atoms with Crippen LogP contribution in [0.5, 0.6) is 0 Å². The van der Waals surface area contributed by atoms with Crippen LogP contribution in [0.15, 0.2) is 29.6 Å². The average molecular weight is 561 g/mol. The molecule has 3 aromatic rings. The second-order valence-corrected chi connectivity index (χ2v) is 12.5. The van der Waals surface area contributed by atoms with Gasteiger partial charge in [0.25, 0.3) is 0 Å². The summed E-state index contributed by atoms with van der Waals surface area (Å²) in [5.41, 5.74) is 1.93. The number of thiophene rings is 1. The predicted molar refractivity (Wildman–Crippen MR) is 150 cm³/mol. The van der Waals surface area contributed by atoms with E-state index in [2.05, 4.69) is 33.5 Å². The molecular formula is C27H31Cl2N5O2S. The van der Waals surface area contributed by atoms with Crippen molar-refractivity contribution in [3.05, 3.63) is 45.3 Å². The number of piperidine rings is 1. The number of carboxylic acids is 1. The smallest absolute Gasteiger partial charge is 0.306 e. The number of carboxylic acid groups (broad SMARTS) is 1. The topological polar surface area (TPSA) is 81.6 Å². The summed E-state index contributed by atoms with van der Waals surface area (Å²) in [6.45, 7) is 6.20. The Morgan fingerprint density at radius 3 is 2.73 bits per heavy atom. The highest BCUT2D eigenvalue weighted by Gasteiger charge is 2.42. The van der Waals surface area contributed by atoms with E-state index in [1.54, 1.807) is 17.4 Å². The molecule has 3 aliphatic rings. The van der Waals surface area contributed by atoms with Crippen LogP contribution in [0.3, 0.4) is 0 Å². The summed E-state index contributed by atoms with van der Waals surface area (Å²) < 4.78 is 1.04. The highest BCUT2D eigenvalue weighted by molar-refractivity contribution is 7.17. The molecular weight excluding hydrogens is 529 g/mol. The Labute approximate surface area is 230 Å². The number of aromatic nitrogens is 2. The van der Waals surface area contributed by atoms with Crippen LogP contribution in [0.4, 0.5) is 11.8 Å². The zero-order valence-electron chi connectivity index (χ0n) is 20.7. The van der Waals surface area contributed by atoms with E-state index in [0.29, 0.717) is 27.9 Å². The monoisotopic (exact) mass is 559 g/mol. The molecule has 0 amide bonds. The molecule has 2 N–H and O–H groups in total. The predicted octanol–water partition coefficient (Wildman–Crippen LogP) is 6.18. The Balaban J connectivity index is 1.12. The van der Waals surface area contributed by atoms with E-state index < -0.39 is 5.97 Å². The van der Waals surface area contributed by atoms with Crippen LogP contribution >= 0.6 is 34.5 Å². The van der Waals surface area contributed by atoms with Crippen LogP contribution in [0, 0.1) is 17.8 Å². The summed E-state index contributed by atoms with van der Waals surface area (Å²) in [5, 5.41) is 16.1. The third kappa shape index (κ3) is 5.01. The van der Waals surface area contributed by atoms with E-state index in [9.17, 15) is 9.90 Å². The van der Waals surface area contributed by atoms with E-state index >= 15 is 0 Å². The van der Waals surface area contributed by atoms with Crippen LogP contribution in [-0.4, -0.2) is 58.2 Å². The highest BCUT2D eigenvalue weighted by Crippen LogP contribution is 2.39.